The topological polar surface area (TPSA) is 41.5 Å². The van der Waals surface area contributed by atoms with E-state index >= 15 is 0 Å². The van der Waals surface area contributed by atoms with Gasteiger partial charge in [-0.25, -0.2) is 8.78 Å². The minimum absolute atomic E-state index is 0.0847. The van der Waals surface area contributed by atoms with Gasteiger partial charge < -0.3 is 15.2 Å². The summed E-state index contributed by atoms with van der Waals surface area (Å²) in [5, 5.41) is 12.7. The first-order chi connectivity index (χ1) is 9.15. The van der Waals surface area contributed by atoms with Gasteiger partial charge in [0, 0.05) is 24.7 Å². The smallest absolute Gasteiger partial charge is 0.131 e. The molecule has 0 aliphatic carbocycles. The lowest BCUT2D eigenvalue weighted by molar-refractivity contribution is 0.130. The lowest BCUT2D eigenvalue weighted by Crippen LogP contribution is -2.25. The highest BCUT2D eigenvalue weighted by atomic mass is 19.1. The average Bonchev–Trinajstić information content (AvgIpc) is 2.37. The van der Waals surface area contributed by atoms with E-state index in [1.165, 1.54) is 6.07 Å². The fourth-order valence-electron chi connectivity index (χ4n) is 1.53. The second-order valence-corrected chi connectivity index (χ2v) is 4.08. The first kappa shape index (κ1) is 15.8. The summed E-state index contributed by atoms with van der Waals surface area (Å²) in [6.45, 7) is 5.43. The Labute approximate surface area is 111 Å². The Morgan fingerprint density at radius 2 is 2.16 bits per heavy atom. The van der Waals surface area contributed by atoms with E-state index in [0.29, 0.717) is 19.8 Å². The molecule has 1 aromatic rings. The van der Waals surface area contributed by atoms with E-state index in [0.717, 1.165) is 18.6 Å². The molecule has 1 aromatic carbocycles. The minimum atomic E-state index is -1.01. The van der Waals surface area contributed by atoms with E-state index in [1.807, 2.05) is 0 Å². The number of benzene rings is 1. The second-order valence-electron chi connectivity index (χ2n) is 4.08. The number of nitrogens with one attached hydrogen (secondary N) is 1. The summed E-state index contributed by atoms with van der Waals surface area (Å²) in [6, 6.07) is 3.13. The first-order valence-corrected chi connectivity index (χ1v) is 6.17. The molecule has 0 amide bonds. The molecule has 3 nitrogen and oxygen atoms in total. The van der Waals surface area contributed by atoms with E-state index in [4.69, 9.17) is 4.74 Å². The molecule has 0 fully saturated rings. The number of hydrogen-bond acceptors (Lipinski definition) is 3. The van der Waals surface area contributed by atoms with Crippen LogP contribution in [0.15, 0.2) is 30.9 Å². The normalized spacial score (nSPS) is 12.4. The number of aliphatic hydroxyl groups excluding tert-OH is 1. The van der Waals surface area contributed by atoms with Gasteiger partial charge in [0.15, 0.2) is 0 Å². The van der Waals surface area contributed by atoms with E-state index in [9.17, 15) is 13.9 Å². The zero-order valence-corrected chi connectivity index (χ0v) is 10.7. The van der Waals surface area contributed by atoms with Crippen molar-refractivity contribution in [3.8, 4) is 0 Å². The SMILES string of the molecule is C=CCCOCCNCC(O)c1ccc(F)cc1F. The predicted molar refractivity (Wildman–Crippen MR) is 69.8 cm³/mol. The van der Waals surface area contributed by atoms with Crippen molar-refractivity contribution < 1.29 is 18.6 Å². The average molecular weight is 271 g/mol. The third kappa shape index (κ3) is 5.92. The maximum atomic E-state index is 13.4. The summed E-state index contributed by atoms with van der Waals surface area (Å²) in [6.07, 6.45) is 1.56. The molecule has 0 heterocycles. The number of aliphatic hydroxyl groups is 1. The highest BCUT2D eigenvalue weighted by molar-refractivity contribution is 5.21. The Balaban J connectivity index is 2.23. The second kappa shape index (κ2) is 8.74. The van der Waals surface area contributed by atoms with Crippen LogP contribution in [0.2, 0.25) is 0 Å². The molecule has 0 saturated heterocycles. The number of hydrogen-bond donors (Lipinski definition) is 2. The Bertz CT molecular complexity index is 399. The van der Waals surface area contributed by atoms with Gasteiger partial charge in [-0.3, -0.25) is 0 Å². The standard InChI is InChI=1S/C14H19F2NO2/c1-2-3-7-19-8-6-17-10-14(18)12-5-4-11(15)9-13(12)16/h2,4-5,9,14,17-18H,1,3,6-8,10H2. The Morgan fingerprint density at radius 1 is 1.37 bits per heavy atom. The van der Waals surface area contributed by atoms with Crippen molar-refractivity contribution >= 4 is 0 Å². The summed E-state index contributed by atoms with van der Waals surface area (Å²) in [5.74, 6) is -1.39. The monoisotopic (exact) mass is 271 g/mol. The quantitative estimate of drug-likeness (QED) is 0.534. The molecule has 0 aliphatic rings. The van der Waals surface area contributed by atoms with Crippen LogP contribution < -0.4 is 5.32 Å². The zero-order valence-electron chi connectivity index (χ0n) is 10.7. The van der Waals surface area contributed by atoms with Crippen LogP contribution in [0.1, 0.15) is 18.1 Å². The Morgan fingerprint density at radius 3 is 2.84 bits per heavy atom. The summed E-state index contributed by atoms with van der Waals surface area (Å²) in [4.78, 5) is 0. The van der Waals surface area contributed by atoms with Gasteiger partial charge in [-0.05, 0) is 12.5 Å². The maximum Gasteiger partial charge on any atom is 0.131 e. The van der Waals surface area contributed by atoms with Crippen LogP contribution in [0.25, 0.3) is 0 Å². The molecule has 0 aliphatic heterocycles. The Kier molecular flexibility index (Phi) is 7.25. The lowest BCUT2D eigenvalue weighted by atomic mass is 10.1. The molecule has 19 heavy (non-hydrogen) atoms. The molecule has 1 rings (SSSR count). The van der Waals surface area contributed by atoms with Crippen LogP contribution in [0.3, 0.4) is 0 Å². The van der Waals surface area contributed by atoms with Crippen LogP contribution in [0.4, 0.5) is 8.78 Å². The van der Waals surface area contributed by atoms with Crippen LogP contribution >= 0.6 is 0 Å². The largest absolute Gasteiger partial charge is 0.387 e. The predicted octanol–water partition coefficient (Wildman–Crippen LogP) is 2.18. The molecule has 0 saturated carbocycles. The van der Waals surface area contributed by atoms with Crippen molar-refractivity contribution in [3.63, 3.8) is 0 Å². The van der Waals surface area contributed by atoms with Crippen LogP contribution in [0, 0.1) is 11.6 Å². The fourth-order valence-corrected chi connectivity index (χ4v) is 1.53. The molecule has 0 spiro atoms. The van der Waals surface area contributed by atoms with Crippen LogP contribution in [-0.2, 0) is 4.74 Å². The molecule has 5 heteroatoms. The summed E-state index contributed by atoms with van der Waals surface area (Å²) in [5.41, 5.74) is 0.0847. The van der Waals surface area contributed by atoms with Gasteiger partial charge in [-0.1, -0.05) is 12.1 Å². The van der Waals surface area contributed by atoms with Crippen molar-refractivity contribution in [2.24, 2.45) is 0 Å². The van der Waals surface area contributed by atoms with Gasteiger partial charge in [0.2, 0.25) is 0 Å². The van der Waals surface area contributed by atoms with Crippen molar-refractivity contribution in [2.45, 2.75) is 12.5 Å². The minimum Gasteiger partial charge on any atom is -0.387 e. The summed E-state index contributed by atoms with van der Waals surface area (Å²) >= 11 is 0. The highest BCUT2D eigenvalue weighted by Gasteiger charge is 2.12. The molecule has 0 aromatic heterocycles. The third-order valence-corrected chi connectivity index (χ3v) is 2.55. The van der Waals surface area contributed by atoms with Gasteiger partial charge in [0.25, 0.3) is 0 Å². The first-order valence-electron chi connectivity index (χ1n) is 6.17. The van der Waals surface area contributed by atoms with Gasteiger partial charge in [0.05, 0.1) is 19.3 Å². The Hall–Kier alpha value is -1.30. The highest BCUT2D eigenvalue weighted by Crippen LogP contribution is 2.17. The van der Waals surface area contributed by atoms with E-state index < -0.39 is 17.7 Å². The zero-order chi connectivity index (χ0) is 14.1. The number of rotatable bonds is 9. The van der Waals surface area contributed by atoms with Crippen LogP contribution in [0.5, 0.6) is 0 Å². The molecule has 0 bridgehead atoms. The molecular formula is C14H19F2NO2. The van der Waals surface area contributed by atoms with Gasteiger partial charge in [-0.15, -0.1) is 6.58 Å². The number of halogens is 2. The van der Waals surface area contributed by atoms with Crippen molar-refractivity contribution in [1.29, 1.82) is 0 Å². The third-order valence-electron chi connectivity index (χ3n) is 2.55. The summed E-state index contributed by atoms with van der Waals surface area (Å²) < 4.78 is 31.3. The molecule has 1 atom stereocenters. The van der Waals surface area contributed by atoms with Crippen molar-refractivity contribution in [1.82, 2.24) is 5.32 Å². The van der Waals surface area contributed by atoms with Crippen molar-refractivity contribution in [3.05, 3.63) is 48.1 Å². The molecule has 106 valence electrons. The van der Waals surface area contributed by atoms with Gasteiger partial charge in [0.1, 0.15) is 11.6 Å². The number of ether oxygens (including phenoxy) is 1. The van der Waals surface area contributed by atoms with E-state index in [1.54, 1.807) is 6.08 Å². The van der Waals surface area contributed by atoms with Crippen LogP contribution in [-0.4, -0.2) is 31.4 Å². The van der Waals surface area contributed by atoms with Gasteiger partial charge in [-0.2, -0.15) is 0 Å². The molecular weight excluding hydrogens is 252 g/mol. The lowest BCUT2D eigenvalue weighted by Gasteiger charge is -2.13. The maximum absolute atomic E-state index is 13.4. The van der Waals surface area contributed by atoms with Gasteiger partial charge >= 0.3 is 0 Å². The molecule has 1 unspecified atom stereocenters. The summed E-state index contributed by atoms with van der Waals surface area (Å²) in [7, 11) is 0. The van der Waals surface area contributed by atoms with E-state index in [2.05, 4.69) is 11.9 Å². The van der Waals surface area contributed by atoms with Crippen molar-refractivity contribution in [2.75, 3.05) is 26.3 Å². The molecule has 2 N–H and O–H groups in total. The fraction of sp³-hybridized carbons (Fsp3) is 0.429. The van der Waals surface area contributed by atoms with E-state index in [-0.39, 0.29) is 12.1 Å². The molecule has 0 radical (unpaired) electrons.